The van der Waals surface area contributed by atoms with Gasteiger partial charge in [-0.3, -0.25) is 4.79 Å². The molecule has 0 radical (unpaired) electrons. The van der Waals surface area contributed by atoms with Gasteiger partial charge in [0.1, 0.15) is 0 Å². The van der Waals surface area contributed by atoms with Crippen molar-refractivity contribution in [1.29, 1.82) is 0 Å². The number of amides is 1. The normalized spacial score (nSPS) is 14.7. The molecular weight excluding hydrogens is 192 g/mol. The third-order valence-corrected chi connectivity index (χ3v) is 2.76. The van der Waals surface area contributed by atoms with Crippen molar-refractivity contribution in [2.75, 3.05) is 27.3 Å². The highest BCUT2D eigenvalue weighted by molar-refractivity contribution is 5.81. The van der Waals surface area contributed by atoms with Gasteiger partial charge in [0.25, 0.3) is 0 Å². The van der Waals surface area contributed by atoms with E-state index in [0.717, 1.165) is 12.8 Å². The third kappa shape index (κ3) is 5.14. The molecule has 0 aliphatic rings. The van der Waals surface area contributed by atoms with Gasteiger partial charge in [-0.1, -0.05) is 20.3 Å². The molecule has 4 heteroatoms. The third-order valence-electron chi connectivity index (χ3n) is 2.76. The van der Waals surface area contributed by atoms with Crippen molar-refractivity contribution in [2.24, 2.45) is 11.7 Å². The molecule has 1 amide bonds. The zero-order valence-electron chi connectivity index (χ0n) is 10.3. The number of nitrogens with zero attached hydrogens (tertiary/aromatic N) is 1. The van der Waals surface area contributed by atoms with E-state index in [0.29, 0.717) is 13.2 Å². The Morgan fingerprint density at radius 2 is 2.13 bits per heavy atom. The van der Waals surface area contributed by atoms with E-state index < -0.39 is 0 Å². The standard InChI is InChI=1S/C11H24N2O2/c1-5-9(2)10(12)11(14)13(3)7-6-8-15-4/h9-10H,5-8,12H2,1-4H3. The summed E-state index contributed by atoms with van der Waals surface area (Å²) in [7, 11) is 3.45. The maximum Gasteiger partial charge on any atom is 0.239 e. The first-order valence-corrected chi connectivity index (χ1v) is 5.54. The van der Waals surface area contributed by atoms with E-state index in [1.165, 1.54) is 0 Å². The molecule has 0 aromatic carbocycles. The van der Waals surface area contributed by atoms with Crippen LogP contribution in [0, 0.1) is 5.92 Å². The highest BCUT2D eigenvalue weighted by atomic mass is 16.5. The predicted octanol–water partition coefficient (Wildman–Crippen LogP) is 0.855. The monoisotopic (exact) mass is 216 g/mol. The first kappa shape index (κ1) is 14.4. The largest absolute Gasteiger partial charge is 0.385 e. The van der Waals surface area contributed by atoms with Gasteiger partial charge in [-0.2, -0.15) is 0 Å². The second-order valence-electron chi connectivity index (χ2n) is 4.02. The molecule has 0 spiro atoms. The van der Waals surface area contributed by atoms with Crippen LogP contribution in [-0.2, 0) is 9.53 Å². The molecule has 4 nitrogen and oxygen atoms in total. The van der Waals surface area contributed by atoms with Crippen molar-refractivity contribution >= 4 is 5.91 Å². The predicted molar refractivity (Wildman–Crippen MR) is 61.6 cm³/mol. The summed E-state index contributed by atoms with van der Waals surface area (Å²) in [5.74, 6) is 0.267. The van der Waals surface area contributed by atoms with Gasteiger partial charge < -0.3 is 15.4 Å². The summed E-state index contributed by atoms with van der Waals surface area (Å²) >= 11 is 0. The molecule has 90 valence electrons. The van der Waals surface area contributed by atoms with Gasteiger partial charge in [0.05, 0.1) is 6.04 Å². The lowest BCUT2D eigenvalue weighted by Gasteiger charge is -2.24. The molecule has 0 aromatic rings. The Kier molecular flexibility index (Phi) is 7.34. The van der Waals surface area contributed by atoms with Crippen LogP contribution in [0.2, 0.25) is 0 Å². The van der Waals surface area contributed by atoms with Gasteiger partial charge in [-0.05, 0) is 12.3 Å². The molecule has 15 heavy (non-hydrogen) atoms. The molecule has 0 heterocycles. The number of nitrogens with two attached hydrogens (primary N) is 1. The molecule has 0 aromatic heterocycles. The number of carbonyl (C=O) groups excluding carboxylic acids is 1. The zero-order valence-corrected chi connectivity index (χ0v) is 10.3. The van der Waals surface area contributed by atoms with Crippen molar-refractivity contribution in [3.05, 3.63) is 0 Å². The summed E-state index contributed by atoms with van der Waals surface area (Å²) in [4.78, 5) is 13.5. The highest BCUT2D eigenvalue weighted by Crippen LogP contribution is 2.07. The van der Waals surface area contributed by atoms with Crippen LogP contribution in [0.5, 0.6) is 0 Å². The summed E-state index contributed by atoms with van der Waals surface area (Å²) in [5.41, 5.74) is 5.85. The van der Waals surface area contributed by atoms with E-state index in [1.54, 1.807) is 19.1 Å². The van der Waals surface area contributed by atoms with Crippen molar-refractivity contribution in [2.45, 2.75) is 32.7 Å². The lowest BCUT2D eigenvalue weighted by molar-refractivity contribution is -0.132. The van der Waals surface area contributed by atoms with E-state index >= 15 is 0 Å². The Hall–Kier alpha value is -0.610. The van der Waals surface area contributed by atoms with Gasteiger partial charge in [0.15, 0.2) is 0 Å². The molecule has 0 aliphatic carbocycles. The van der Waals surface area contributed by atoms with Crippen LogP contribution >= 0.6 is 0 Å². The molecule has 0 saturated carbocycles. The van der Waals surface area contributed by atoms with Crippen LogP contribution in [0.25, 0.3) is 0 Å². The molecule has 2 unspecified atom stereocenters. The van der Waals surface area contributed by atoms with Crippen molar-refractivity contribution < 1.29 is 9.53 Å². The van der Waals surface area contributed by atoms with E-state index in [-0.39, 0.29) is 17.9 Å². The summed E-state index contributed by atoms with van der Waals surface area (Å²) in [6, 6.07) is -0.373. The Bertz CT molecular complexity index is 185. The summed E-state index contributed by atoms with van der Waals surface area (Å²) < 4.78 is 4.93. The van der Waals surface area contributed by atoms with Gasteiger partial charge in [-0.15, -0.1) is 0 Å². The Labute approximate surface area is 92.8 Å². The lowest BCUT2D eigenvalue weighted by atomic mass is 9.99. The smallest absolute Gasteiger partial charge is 0.239 e. The van der Waals surface area contributed by atoms with Gasteiger partial charge in [0.2, 0.25) is 5.91 Å². The number of hydrogen-bond acceptors (Lipinski definition) is 3. The fourth-order valence-corrected chi connectivity index (χ4v) is 1.31. The van der Waals surface area contributed by atoms with Crippen LogP contribution in [0.15, 0.2) is 0 Å². The van der Waals surface area contributed by atoms with Crippen LogP contribution in [0.4, 0.5) is 0 Å². The Morgan fingerprint density at radius 1 is 1.53 bits per heavy atom. The molecule has 0 rings (SSSR count). The number of rotatable bonds is 7. The highest BCUT2D eigenvalue weighted by Gasteiger charge is 2.22. The van der Waals surface area contributed by atoms with Crippen LogP contribution in [0.1, 0.15) is 26.7 Å². The minimum absolute atomic E-state index is 0.0282. The maximum atomic E-state index is 11.8. The molecule has 2 atom stereocenters. The number of methoxy groups -OCH3 is 1. The van der Waals surface area contributed by atoms with Gasteiger partial charge in [-0.25, -0.2) is 0 Å². The topological polar surface area (TPSA) is 55.6 Å². The van der Waals surface area contributed by atoms with Crippen LogP contribution < -0.4 is 5.73 Å². The van der Waals surface area contributed by atoms with E-state index in [1.807, 2.05) is 13.8 Å². The van der Waals surface area contributed by atoms with Gasteiger partial charge >= 0.3 is 0 Å². The van der Waals surface area contributed by atoms with Gasteiger partial charge in [0, 0.05) is 27.3 Å². The SMILES string of the molecule is CCC(C)C(N)C(=O)N(C)CCCOC. The minimum atomic E-state index is -0.373. The Balaban J connectivity index is 3.96. The number of ether oxygens (including phenoxy) is 1. The number of carbonyl (C=O) groups is 1. The van der Waals surface area contributed by atoms with Crippen LogP contribution in [0.3, 0.4) is 0 Å². The summed E-state index contributed by atoms with van der Waals surface area (Å²) in [6.45, 7) is 5.43. The second-order valence-corrected chi connectivity index (χ2v) is 4.02. The molecule has 0 aliphatic heterocycles. The fraction of sp³-hybridized carbons (Fsp3) is 0.909. The summed E-state index contributed by atoms with van der Waals surface area (Å²) in [6.07, 6.45) is 1.78. The average molecular weight is 216 g/mol. The van der Waals surface area contributed by atoms with Crippen molar-refractivity contribution in [3.63, 3.8) is 0 Å². The Morgan fingerprint density at radius 3 is 2.60 bits per heavy atom. The molecule has 2 N–H and O–H groups in total. The molecule has 0 fully saturated rings. The zero-order chi connectivity index (χ0) is 11.8. The lowest BCUT2D eigenvalue weighted by Crippen LogP contribution is -2.45. The van der Waals surface area contributed by atoms with Crippen molar-refractivity contribution in [1.82, 2.24) is 4.90 Å². The molecule has 0 bridgehead atoms. The first-order valence-electron chi connectivity index (χ1n) is 5.54. The summed E-state index contributed by atoms with van der Waals surface area (Å²) in [5, 5.41) is 0. The fourth-order valence-electron chi connectivity index (χ4n) is 1.31. The van der Waals surface area contributed by atoms with E-state index in [2.05, 4.69) is 0 Å². The number of likely N-dealkylation sites (N-methyl/N-ethyl adjacent to an activating group) is 1. The quantitative estimate of drug-likeness (QED) is 0.642. The molecule has 0 saturated heterocycles. The van der Waals surface area contributed by atoms with E-state index in [9.17, 15) is 4.79 Å². The molecular formula is C11H24N2O2. The minimum Gasteiger partial charge on any atom is -0.385 e. The van der Waals surface area contributed by atoms with Crippen molar-refractivity contribution in [3.8, 4) is 0 Å². The second kappa shape index (κ2) is 7.65. The number of hydrogen-bond donors (Lipinski definition) is 1. The first-order chi connectivity index (χ1) is 7.04. The van der Waals surface area contributed by atoms with Crippen LogP contribution in [-0.4, -0.2) is 44.2 Å². The van der Waals surface area contributed by atoms with E-state index in [4.69, 9.17) is 10.5 Å². The average Bonchev–Trinajstić information content (AvgIpc) is 2.26. The maximum absolute atomic E-state index is 11.8.